The number of guanidine groups is 1. The van der Waals surface area contributed by atoms with Crippen molar-refractivity contribution in [2.24, 2.45) is 10.4 Å². The first kappa shape index (κ1) is 22.4. The van der Waals surface area contributed by atoms with E-state index >= 15 is 0 Å². The first-order chi connectivity index (χ1) is 11.6. The van der Waals surface area contributed by atoms with Gasteiger partial charge in [-0.25, -0.2) is 9.98 Å². The molecule has 0 saturated heterocycles. The molecule has 144 valence electrons. The summed E-state index contributed by atoms with van der Waals surface area (Å²) in [5.41, 5.74) is 1.39. The highest BCUT2D eigenvalue weighted by molar-refractivity contribution is 14.0. The fourth-order valence-corrected chi connectivity index (χ4v) is 3.61. The van der Waals surface area contributed by atoms with Gasteiger partial charge in [-0.2, -0.15) is 0 Å². The van der Waals surface area contributed by atoms with Gasteiger partial charge in [-0.15, -0.1) is 35.3 Å². The Labute approximate surface area is 172 Å². The number of rotatable bonds is 9. The highest BCUT2D eigenvalue weighted by atomic mass is 127. The van der Waals surface area contributed by atoms with Crippen molar-refractivity contribution >= 4 is 46.4 Å². The highest BCUT2D eigenvalue weighted by Crippen LogP contribution is 2.43. The van der Waals surface area contributed by atoms with Crippen LogP contribution in [-0.2, 0) is 11.3 Å². The van der Waals surface area contributed by atoms with E-state index < -0.39 is 0 Å². The molecule has 1 aromatic rings. The molecule has 0 spiro atoms. The van der Waals surface area contributed by atoms with Crippen LogP contribution in [0.15, 0.2) is 10.4 Å². The molecule has 2 rings (SSSR count). The van der Waals surface area contributed by atoms with Crippen molar-refractivity contribution in [1.29, 1.82) is 0 Å². The maximum atomic E-state index is 5.27. The molecular weight excluding hydrogens is 449 g/mol. The average Bonchev–Trinajstić information content (AvgIpc) is 3.00. The molecule has 0 aromatic carbocycles. The maximum Gasteiger partial charge on any atom is 0.191 e. The van der Waals surface area contributed by atoms with Gasteiger partial charge in [-0.3, -0.25) is 0 Å². The molecular formula is C17H32IN5OS. The zero-order valence-corrected chi connectivity index (χ0v) is 18.9. The predicted molar refractivity (Wildman–Crippen MR) is 117 cm³/mol. The van der Waals surface area contributed by atoms with E-state index in [-0.39, 0.29) is 24.0 Å². The lowest BCUT2D eigenvalue weighted by Gasteiger charge is -2.42. The lowest BCUT2D eigenvalue weighted by atomic mass is 9.67. The quantitative estimate of drug-likeness (QED) is 0.323. The van der Waals surface area contributed by atoms with Crippen molar-refractivity contribution in [3.8, 4) is 0 Å². The summed E-state index contributed by atoms with van der Waals surface area (Å²) in [6.45, 7) is 5.35. The number of aliphatic imine (C=N–C) groups is 1. The molecule has 1 fully saturated rings. The second-order valence-electron chi connectivity index (χ2n) is 6.66. The van der Waals surface area contributed by atoms with E-state index in [0.29, 0.717) is 12.0 Å². The van der Waals surface area contributed by atoms with Crippen LogP contribution in [0, 0.1) is 5.41 Å². The molecule has 0 radical (unpaired) electrons. The third-order valence-corrected chi connectivity index (χ3v) is 5.60. The van der Waals surface area contributed by atoms with Gasteiger partial charge in [0.1, 0.15) is 0 Å². The molecule has 1 aliphatic rings. The zero-order valence-electron chi connectivity index (χ0n) is 15.8. The van der Waals surface area contributed by atoms with Gasteiger partial charge in [0.2, 0.25) is 0 Å². The van der Waals surface area contributed by atoms with E-state index in [0.717, 1.165) is 42.9 Å². The lowest BCUT2D eigenvalue weighted by molar-refractivity contribution is 0.0732. The molecule has 25 heavy (non-hydrogen) atoms. The van der Waals surface area contributed by atoms with Gasteiger partial charge in [0.15, 0.2) is 11.1 Å². The molecule has 6 nitrogen and oxygen atoms in total. The van der Waals surface area contributed by atoms with Crippen molar-refractivity contribution in [1.82, 2.24) is 15.6 Å². The number of hydrogen-bond acceptors (Lipinski definition) is 5. The largest absolute Gasteiger partial charge is 0.385 e. The minimum Gasteiger partial charge on any atom is -0.385 e. The van der Waals surface area contributed by atoms with Crippen LogP contribution >= 0.6 is 35.3 Å². The molecule has 0 bridgehead atoms. The summed E-state index contributed by atoms with van der Waals surface area (Å²) < 4.78 is 5.27. The molecule has 0 aliphatic heterocycles. The van der Waals surface area contributed by atoms with Crippen LogP contribution in [0.2, 0.25) is 0 Å². The average molecular weight is 481 g/mol. The Kier molecular flexibility index (Phi) is 10.0. The van der Waals surface area contributed by atoms with Crippen molar-refractivity contribution in [2.75, 3.05) is 45.8 Å². The maximum absolute atomic E-state index is 5.27. The number of ether oxygens (including phenoxy) is 1. The van der Waals surface area contributed by atoms with Crippen LogP contribution in [0.25, 0.3) is 0 Å². The fourth-order valence-electron chi connectivity index (χ4n) is 2.86. The van der Waals surface area contributed by atoms with E-state index in [1.165, 1.54) is 19.3 Å². The van der Waals surface area contributed by atoms with Gasteiger partial charge in [-0.1, -0.05) is 6.42 Å². The summed E-state index contributed by atoms with van der Waals surface area (Å²) in [6, 6.07) is 0. The number of nitrogens with zero attached hydrogens (tertiary/aromatic N) is 3. The molecule has 2 N–H and O–H groups in total. The number of aromatic nitrogens is 1. The third-order valence-electron chi connectivity index (χ3n) is 4.55. The zero-order chi connectivity index (χ0) is 17.4. The van der Waals surface area contributed by atoms with Crippen molar-refractivity contribution in [3.05, 3.63) is 11.1 Å². The normalized spacial score (nSPS) is 15.9. The fraction of sp³-hybridized carbons (Fsp3) is 0.765. The Bertz CT molecular complexity index is 531. The minimum atomic E-state index is 0. The summed E-state index contributed by atoms with van der Waals surface area (Å²) in [5, 5.41) is 9.95. The van der Waals surface area contributed by atoms with Crippen molar-refractivity contribution in [2.45, 2.75) is 39.2 Å². The number of anilines is 1. The van der Waals surface area contributed by atoms with Crippen molar-refractivity contribution in [3.63, 3.8) is 0 Å². The van der Waals surface area contributed by atoms with Gasteiger partial charge < -0.3 is 20.3 Å². The van der Waals surface area contributed by atoms with Gasteiger partial charge >= 0.3 is 0 Å². The molecule has 8 heteroatoms. The molecule has 1 heterocycles. The summed E-state index contributed by atoms with van der Waals surface area (Å²) in [4.78, 5) is 11.3. The number of halogens is 1. The van der Waals surface area contributed by atoms with Gasteiger partial charge in [0, 0.05) is 46.3 Å². The predicted octanol–water partition coefficient (Wildman–Crippen LogP) is 3.09. The number of nitrogens with one attached hydrogen (secondary N) is 2. The Balaban J connectivity index is 0.00000312. The number of thiazole rings is 1. The molecule has 0 atom stereocenters. The van der Waals surface area contributed by atoms with E-state index in [2.05, 4.69) is 32.9 Å². The Morgan fingerprint density at radius 1 is 1.40 bits per heavy atom. The standard InChI is InChI=1S/C17H31N5OS.HI/c1-5-18-15(19-11-14-12-24-16(21-14)22(2)3)20-13-17(7-6-8-17)9-10-23-4;/h12H,5-11,13H2,1-4H3,(H2,18,19,20);1H. The topological polar surface area (TPSA) is 61.8 Å². The monoisotopic (exact) mass is 481 g/mol. The Morgan fingerprint density at radius 3 is 2.68 bits per heavy atom. The Hall–Kier alpha value is -0.610. The van der Waals surface area contributed by atoms with Crippen LogP contribution in [-0.4, -0.2) is 51.8 Å². The van der Waals surface area contributed by atoms with Gasteiger partial charge in [0.25, 0.3) is 0 Å². The van der Waals surface area contributed by atoms with Gasteiger partial charge in [-0.05, 0) is 31.6 Å². The molecule has 1 aliphatic carbocycles. The first-order valence-electron chi connectivity index (χ1n) is 8.71. The molecule has 0 amide bonds. The minimum absolute atomic E-state index is 0. The second kappa shape index (κ2) is 11.2. The second-order valence-corrected chi connectivity index (χ2v) is 7.50. The van der Waals surface area contributed by atoms with E-state index in [1.807, 2.05) is 19.0 Å². The van der Waals surface area contributed by atoms with E-state index in [1.54, 1.807) is 18.4 Å². The summed E-state index contributed by atoms with van der Waals surface area (Å²) in [6.07, 6.45) is 5.00. The SMILES string of the molecule is CCNC(=NCc1csc(N(C)C)n1)NCC1(CCOC)CCC1.I. The molecule has 1 aromatic heterocycles. The number of hydrogen-bond donors (Lipinski definition) is 2. The smallest absolute Gasteiger partial charge is 0.191 e. The summed E-state index contributed by atoms with van der Waals surface area (Å²) in [5.74, 6) is 0.876. The van der Waals surface area contributed by atoms with Crippen molar-refractivity contribution < 1.29 is 4.74 Å². The Morgan fingerprint density at radius 2 is 2.16 bits per heavy atom. The van der Waals surface area contributed by atoms with Crippen LogP contribution in [0.1, 0.15) is 38.3 Å². The summed E-state index contributed by atoms with van der Waals surface area (Å²) >= 11 is 1.65. The molecule has 1 saturated carbocycles. The van der Waals surface area contributed by atoms with Gasteiger partial charge in [0.05, 0.1) is 12.2 Å². The van der Waals surface area contributed by atoms with Crippen LogP contribution in [0.5, 0.6) is 0 Å². The number of methoxy groups -OCH3 is 1. The van der Waals surface area contributed by atoms with Crippen LogP contribution in [0.4, 0.5) is 5.13 Å². The van der Waals surface area contributed by atoms with E-state index in [4.69, 9.17) is 4.74 Å². The van der Waals surface area contributed by atoms with Crippen LogP contribution < -0.4 is 15.5 Å². The summed E-state index contributed by atoms with van der Waals surface area (Å²) in [7, 11) is 5.80. The highest BCUT2D eigenvalue weighted by Gasteiger charge is 2.36. The molecule has 0 unspecified atom stereocenters. The first-order valence-corrected chi connectivity index (χ1v) is 9.59. The lowest BCUT2D eigenvalue weighted by Crippen LogP contribution is -2.46. The van der Waals surface area contributed by atoms with Crippen LogP contribution in [0.3, 0.4) is 0 Å². The van der Waals surface area contributed by atoms with E-state index in [9.17, 15) is 0 Å². The third kappa shape index (κ3) is 6.90.